The zero-order valence-corrected chi connectivity index (χ0v) is 19.4. The highest BCUT2D eigenvalue weighted by atomic mass is 16.2. The topological polar surface area (TPSA) is 43.9 Å². The summed E-state index contributed by atoms with van der Waals surface area (Å²) in [6, 6.07) is 21.7. The van der Waals surface area contributed by atoms with E-state index in [0.29, 0.717) is 23.5 Å². The maximum atomic E-state index is 13.9. The molecule has 5 nitrogen and oxygen atoms in total. The summed E-state index contributed by atoms with van der Waals surface area (Å²) in [5.41, 5.74) is 7.57. The molecule has 0 aromatic heterocycles. The van der Waals surface area contributed by atoms with Gasteiger partial charge < -0.3 is 9.80 Å². The van der Waals surface area contributed by atoms with Crippen molar-refractivity contribution in [3.05, 3.63) is 94.7 Å². The van der Waals surface area contributed by atoms with E-state index in [4.69, 9.17) is 0 Å². The van der Waals surface area contributed by atoms with Crippen LogP contribution in [0.25, 0.3) is 5.57 Å². The molecule has 3 aromatic carbocycles. The first-order valence-corrected chi connectivity index (χ1v) is 11.2. The summed E-state index contributed by atoms with van der Waals surface area (Å²) in [5, 5.41) is 0. The largest absolute Gasteiger partial charge is 0.378 e. The number of amides is 2. The molecule has 0 saturated carbocycles. The third-order valence-corrected chi connectivity index (χ3v) is 6.47. The van der Waals surface area contributed by atoms with Crippen molar-refractivity contribution in [2.24, 2.45) is 0 Å². The van der Waals surface area contributed by atoms with Crippen LogP contribution in [0.1, 0.15) is 22.3 Å². The van der Waals surface area contributed by atoms with E-state index in [0.717, 1.165) is 34.5 Å². The number of hydrogen-bond acceptors (Lipinski definition) is 4. The summed E-state index contributed by atoms with van der Waals surface area (Å²) in [5.74, 6) is -0.551. The van der Waals surface area contributed by atoms with Gasteiger partial charge in [-0.15, -0.1) is 0 Å². The van der Waals surface area contributed by atoms with Gasteiger partial charge in [0, 0.05) is 32.0 Å². The van der Waals surface area contributed by atoms with Crippen molar-refractivity contribution in [3.63, 3.8) is 0 Å². The summed E-state index contributed by atoms with van der Waals surface area (Å²) in [6.45, 7) is 4.70. The van der Waals surface area contributed by atoms with E-state index in [2.05, 4.69) is 12.1 Å². The number of carbonyl (C=O) groups excluding carboxylic acids is 2. The van der Waals surface area contributed by atoms with E-state index in [1.165, 1.54) is 10.5 Å². The van der Waals surface area contributed by atoms with E-state index in [1.807, 2.05) is 92.3 Å². The molecule has 5 heteroatoms. The molecular weight excluding hydrogens is 410 g/mol. The summed E-state index contributed by atoms with van der Waals surface area (Å²) < 4.78 is 0. The lowest BCUT2D eigenvalue weighted by Gasteiger charge is -2.22. The van der Waals surface area contributed by atoms with Gasteiger partial charge in [0.25, 0.3) is 11.8 Å². The average Bonchev–Trinajstić information content (AvgIpc) is 3.32. The summed E-state index contributed by atoms with van der Waals surface area (Å²) in [6.07, 6.45) is 0.845. The number of carbonyl (C=O) groups is 2. The Morgan fingerprint density at radius 2 is 1.64 bits per heavy atom. The molecule has 5 rings (SSSR count). The van der Waals surface area contributed by atoms with Gasteiger partial charge in [-0.05, 0) is 61.2 Å². The van der Waals surface area contributed by atoms with Gasteiger partial charge in [0.2, 0.25) is 0 Å². The van der Waals surface area contributed by atoms with Crippen LogP contribution in [0.3, 0.4) is 0 Å². The van der Waals surface area contributed by atoms with Crippen molar-refractivity contribution in [2.75, 3.05) is 35.3 Å². The van der Waals surface area contributed by atoms with Gasteiger partial charge >= 0.3 is 0 Å². The second-order valence-corrected chi connectivity index (χ2v) is 8.93. The van der Waals surface area contributed by atoms with Crippen molar-refractivity contribution < 1.29 is 9.59 Å². The second kappa shape index (κ2) is 7.93. The smallest absolute Gasteiger partial charge is 0.282 e. The van der Waals surface area contributed by atoms with Crippen LogP contribution in [0, 0.1) is 13.8 Å². The number of hydrogen-bond donors (Lipinski definition) is 0. The third-order valence-electron chi connectivity index (χ3n) is 6.47. The quantitative estimate of drug-likeness (QED) is 0.554. The second-order valence-electron chi connectivity index (χ2n) is 8.93. The van der Waals surface area contributed by atoms with Crippen LogP contribution in [0.5, 0.6) is 0 Å². The van der Waals surface area contributed by atoms with Gasteiger partial charge in [-0.2, -0.15) is 0 Å². The van der Waals surface area contributed by atoms with Crippen LogP contribution in [-0.4, -0.2) is 32.5 Å². The number of rotatable bonds is 4. The molecule has 0 N–H and O–H groups in total. The van der Waals surface area contributed by atoms with E-state index in [1.54, 1.807) is 0 Å². The van der Waals surface area contributed by atoms with E-state index in [9.17, 15) is 9.59 Å². The molecule has 2 heterocycles. The molecule has 0 bridgehead atoms. The Morgan fingerprint density at radius 1 is 0.848 bits per heavy atom. The van der Waals surface area contributed by atoms with Crippen molar-refractivity contribution in [3.8, 4) is 0 Å². The fraction of sp³-hybridized carbons (Fsp3) is 0.214. The Hall–Kier alpha value is -3.86. The summed E-state index contributed by atoms with van der Waals surface area (Å²) in [4.78, 5) is 33.2. The number of para-hydroxylation sites is 1. The highest BCUT2D eigenvalue weighted by Crippen LogP contribution is 2.41. The van der Waals surface area contributed by atoms with Gasteiger partial charge in [0.1, 0.15) is 5.70 Å². The number of aryl methyl sites for hydroxylation is 2. The SMILES string of the molecule is Cc1ccc(C2=C(N3CCc4ccccc43)C(=O)N(c3cccc(N(C)C)c3)C2=O)c(C)c1. The minimum atomic E-state index is -0.276. The van der Waals surface area contributed by atoms with Gasteiger partial charge in [-0.1, -0.05) is 48.0 Å². The van der Waals surface area contributed by atoms with Crippen LogP contribution in [0.15, 0.2) is 72.4 Å². The van der Waals surface area contributed by atoms with Gasteiger partial charge in [0.15, 0.2) is 0 Å². The maximum absolute atomic E-state index is 13.9. The summed E-state index contributed by atoms with van der Waals surface area (Å²) in [7, 11) is 3.89. The number of imide groups is 1. The first-order chi connectivity index (χ1) is 15.9. The molecule has 2 aliphatic rings. The predicted octanol–water partition coefficient (Wildman–Crippen LogP) is 4.72. The van der Waals surface area contributed by atoms with Crippen LogP contribution >= 0.6 is 0 Å². The Kier molecular flexibility index (Phi) is 5.05. The molecule has 0 aliphatic carbocycles. The zero-order chi connectivity index (χ0) is 23.3. The molecule has 2 aliphatic heterocycles. The number of fused-ring (bicyclic) bond motifs is 1. The van der Waals surface area contributed by atoms with Crippen LogP contribution in [0.4, 0.5) is 17.1 Å². The lowest BCUT2D eigenvalue weighted by atomic mass is 9.97. The fourth-order valence-corrected chi connectivity index (χ4v) is 4.82. The van der Waals surface area contributed by atoms with E-state index < -0.39 is 0 Å². The number of nitrogens with zero attached hydrogens (tertiary/aromatic N) is 3. The Morgan fingerprint density at radius 3 is 2.39 bits per heavy atom. The molecule has 3 aromatic rings. The fourth-order valence-electron chi connectivity index (χ4n) is 4.82. The molecule has 0 atom stereocenters. The monoisotopic (exact) mass is 437 g/mol. The molecule has 0 radical (unpaired) electrons. The number of benzene rings is 3. The normalized spacial score (nSPS) is 15.5. The Balaban J connectivity index is 1.70. The van der Waals surface area contributed by atoms with Gasteiger partial charge in [-0.25, -0.2) is 4.90 Å². The van der Waals surface area contributed by atoms with E-state index >= 15 is 0 Å². The molecule has 0 unspecified atom stereocenters. The average molecular weight is 438 g/mol. The van der Waals surface area contributed by atoms with Crippen LogP contribution in [-0.2, 0) is 16.0 Å². The lowest BCUT2D eigenvalue weighted by Crippen LogP contribution is -2.35. The minimum Gasteiger partial charge on any atom is -0.378 e. The highest BCUT2D eigenvalue weighted by Gasteiger charge is 2.44. The zero-order valence-electron chi connectivity index (χ0n) is 19.4. The summed E-state index contributed by atoms with van der Waals surface area (Å²) >= 11 is 0. The Labute approximate surface area is 194 Å². The van der Waals surface area contributed by atoms with Gasteiger partial charge in [-0.3, -0.25) is 9.59 Å². The van der Waals surface area contributed by atoms with Crippen molar-refractivity contribution >= 4 is 34.4 Å². The third kappa shape index (κ3) is 3.41. The minimum absolute atomic E-state index is 0.275. The lowest BCUT2D eigenvalue weighted by molar-refractivity contribution is -0.120. The highest BCUT2D eigenvalue weighted by molar-refractivity contribution is 6.46. The first-order valence-electron chi connectivity index (χ1n) is 11.2. The van der Waals surface area contributed by atoms with Crippen LogP contribution in [0.2, 0.25) is 0 Å². The first kappa shape index (κ1) is 21.0. The molecule has 2 amide bonds. The van der Waals surface area contributed by atoms with Gasteiger partial charge in [0.05, 0.1) is 11.3 Å². The molecule has 0 saturated heterocycles. The molecule has 0 spiro atoms. The van der Waals surface area contributed by atoms with Crippen molar-refractivity contribution in [1.29, 1.82) is 0 Å². The Bertz CT molecular complexity index is 1320. The molecule has 0 fully saturated rings. The van der Waals surface area contributed by atoms with Crippen molar-refractivity contribution in [2.45, 2.75) is 20.3 Å². The molecule has 166 valence electrons. The van der Waals surface area contributed by atoms with E-state index in [-0.39, 0.29) is 11.8 Å². The maximum Gasteiger partial charge on any atom is 0.282 e. The number of anilines is 3. The molecular formula is C28H27N3O2. The van der Waals surface area contributed by atoms with Crippen molar-refractivity contribution in [1.82, 2.24) is 0 Å². The van der Waals surface area contributed by atoms with Crippen LogP contribution < -0.4 is 14.7 Å². The molecule has 33 heavy (non-hydrogen) atoms. The standard InChI is InChI=1S/C28H27N3O2/c1-18-12-13-23(19(2)16-18)25-26(30-15-14-20-8-5-6-11-24(20)30)28(33)31(27(25)32)22-10-7-9-21(17-22)29(3)4/h5-13,16-17H,14-15H2,1-4H3. The predicted molar refractivity (Wildman–Crippen MR) is 134 cm³/mol.